The van der Waals surface area contributed by atoms with Gasteiger partial charge in [0.25, 0.3) is 0 Å². The Morgan fingerprint density at radius 3 is 2.00 bits per heavy atom. The smallest absolute Gasteiger partial charge is 0.339 e. The average molecular weight is 226 g/mol. The minimum atomic E-state index is -5.75. The molecular formula is C5H2F5NNaO2+. The summed E-state index contributed by atoms with van der Waals surface area (Å²) < 4.78 is 63.2. The first kappa shape index (κ1) is 13.7. The van der Waals surface area contributed by atoms with E-state index >= 15 is 0 Å². The van der Waals surface area contributed by atoms with Crippen molar-refractivity contribution in [2.45, 2.75) is 12.1 Å². The van der Waals surface area contributed by atoms with Crippen molar-refractivity contribution in [3.63, 3.8) is 0 Å². The number of halogens is 5. The Kier molecular flexibility index (Phi) is 3.93. The van der Waals surface area contributed by atoms with Crippen molar-refractivity contribution >= 4 is 0 Å². The molecule has 0 saturated heterocycles. The third-order valence-electron chi connectivity index (χ3n) is 1.22. The van der Waals surface area contributed by atoms with Gasteiger partial charge in [0.05, 0.1) is 6.07 Å². The Morgan fingerprint density at radius 1 is 1.21 bits per heavy atom. The van der Waals surface area contributed by atoms with Gasteiger partial charge in [-0.25, -0.2) is 9.95 Å². The summed E-state index contributed by atoms with van der Waals surface area (Å²) in [6.07, 6.45) is -5.75. The van der Waals surface area contributed by atoms with E-state index < -0.39 is 23.4 Å². The number of nitrogens with one attached hydrogen (secondary N) is 1. The van der Waals surface area contributed by atoms with Crippen molar-refractivity contribution in [3.05, 3.63) is 22.2 Å². The van der Waals surface area contributed by atoms with Gasteiger partial charge in [-0.05, 0) is 0 Å². The van der Waals surface area contributed by atoms with Crippen LogP contribution in [0.3, 0.4) is 0 Å². The van der Waals surface area contributed by atoms with E-state index in [9.17, 15) is 26.7 Å². The number of hydrogen-bond donors (Lipinski definition) is 1. The van der Waals surface area contributed by atoms with E-state index in [2.05, 4.69) is 4.52 Å². The minimum absolute atomic E-state index is 0. The standard InChI is InChI=1S/C5H2F5NO2.Na/c6-4(7,5(8,9)10)2-1-3(12)13-11-2;/h1,11H;/q;+1. The van der Waals surface area contributed by atoms with E-state index in [-0.39, 0.29) is 35.6 Å². The molecule has 0 aromatic carbocycles. The van der Waals surface area contributed by atoms with Crippen LogP contribution in [0.15, 0.2) is 15.4 Å². The summed E-state index contributed by atoms with van der Waals surface area (Å²) >= 11 is 0. The van der Waals surface area contributed by atoms with E-state index in [1.54, 1.807) is 0 Å². The van der Waals surface area contributed by atoms with Crippen molar-refractivity contribution in [2.24, 2.45) is 0 Å². The molecule has 1 aromatic heterocycles. The molecule has 1 rings (SSSR count). The van der Waals surface area contributed by atoms with Gasteiger partial charge in [0.2, 0.25) is 0 Å². The number of hydrogen-bond acceptors (Lipinski definition) is 2. The second-order valence-electron chi connectivity index (χ2n) is 2.15. The van der Waals surface area contributed by atoms with Crippen LogP contribution in [0.5, 0.6) is 0 Å². The SMILES string of the molecule is O=c1cc(C(F)(F)C(F)(F)F)[nH]o1.[Na+]. The van der Waals surface area contributed by atoms with Gasteiger partial charge < -0.3 is 4.52 Å². The molecule has 0 aliphatic rings. The molecule has 0 radical (unpaired) electrons. The maximum atomic E-state index is 12.3. The van der Waals surface area contributed by atoms with Crippen LogP contribution in [0.4, 0.5) is 22.0 Å². The third-order valence-corrected chi connectivity index (χ3v) is 1.22. The third kappa shape index (κ3) is 2.37. The first-order valence-electron chi connectivity index (χ1n) is 2.88. The van der Waals surface area contributed by atoms with Gasteiger partial charge in [0, 0.05) is 0 Å². The van der Waals surface area contributed by atoms with Crippen molar-refractivity contribution in [1.82, 2.24) is 5.16 Å². The number of rotatable bonds is 1. The molecule has 1 heterocycles. The Labute approximate surface area is 95.5 Å². The molecule has 1 N–H and O–H groups in total. The van der Waals surface area contributed by atoms with E-state index in [0.717, 1.165) is 0 Å². The molecule has 0 amide bonds. The second kappa shape index (κ2) is 4.03. The van der Waals surface area contributed by atoms with Gasteiger partial charge in [0.1, 0.15) is 5.69 Å². The van der Waals surface area contributed by atoms with Crippen LogP contribution in [0.2, 0.25) is 0 Å². The summed E-state index contributed by atoms with van der Waals surface area (Å²) in [7, 11) is 0. The maximum absolute atomic E-state index is 12.3. The molecule has 0 atom stereocenters. The van der Waals surface area contributed by atoms with Crippen molar-refractivity contribution < 1.29 is 56.0 Å². The quantitative estimate of drug-likeness (QED) is 0.474. The number of alkyl halides is 5. The Hall–Kier alpha value is -0.340. The van der Waals surface area contributed by atoms with Gasteiger partial charge in [0.15, 0.2) is 0 Å². The van der Waals surface area contributed by atoms with Crippen LogP contribution in [0.1, 0.15) is 5.69 Å². The molecular weight excluding hydrogens is 224 g/mol. The molecule has 9 heteroatoms. The second-order valence-corrected chi connectivity index (χ2v) is 2.15. The zero-order chi connectivity index (χ0) is 10.3. The van der Waals surface area contributed by atoms with E-state index in [1.807, 2.05) is 0 Å². The fraction of sp³-hybridized carbons (Fsp3) is 0.400. The predicted molar refractivity (Wildman–Crippen MR) is 29.3 cm³/mol. The number of H-pyrrole nitrogens is 1. The molecule has 0 bridgehead atoms. The average Bonchev–Trinajstić information content (AvgIpc) is 2.33. The number of aromatic amines is 1. The molecule has 0 fully saturated rings. The van der Waals surface area contributed by atoms with Gasteiger partial charge >= 0.3 is 47.3 Å². The monoisotopic (exact) mass is 226 g/mol. The summed E-state index contributed by atoms with van der Waals surface area (Å²) in [5.41, 5.74) is -2.90. The van der Waals surface area contributed by atoms with Crippen LogP contribution in [-0.4, -0.2) is 11.3 Å². The van der Waals surface area contributed by atoms with Crippen LogP contribution in [0, 0.1) is 0 Å². The zero-order valence-corrected chi connectivity index (χ0v) is 8.78. The van der Waals surface area contributed by atoms with Crippen LogP contribution in [-0.2, 0) is 5.92 Å². The molecule has 0 saturated carbocycles. The van der Waals surface area contributed by atoms with Crippen LogP contribution < -0.4 is 35.2 Å². The van der Waals surface area contributed by atoms with E-state index in [4.69, 9.17) is 0 Å². The van der Waals surface area contributed by atoms with Gasteiger partial charge in [-0.2, -0.15) is 22.0 Å². The summed E-state index contributed by atoms with van der Waals surface area (Å²) in [6.45, 7) is 0. The molecule has 0 aliphatic carbocycles. The van der Waals surface area contributed by atoms with Gasteiger partial charge in [-0.3, -0.25) is 0 Å². The Balaban J connectivity index is 0.00000169. The molecule has 74 valence electrons. The van der Waals surface area contributed by atoms with Gasteiger partial charge in [-0.1, -0.05) is 0 Å². The Morgan fingerprint density at radius 2 is 1.71 bits per heavy atom. The summed E-state index contributed by atoms with van der Waals surface area (Å²) in [5, 5.41) is 1.19. The largest absolute Gasteiger partial charge is 1.00 e. The molecule has 0 unspecified atom stereocenters. The topological polar surface area (TPSA) is 46.0 Å². The van der Waals surface area contributed by atoms with E-state index in [0.29, 0.717) is 0 Å². The summed E-state index contributed by atoms with van der Waals surface area (Å²) in [5.74, 6) is -5.10. The van der Waals surface area contributed by atoms with Crippen LogP contribution >= 0.6 is 0 Å². The fourth-order valence-corrected chi connectivity index (χ4v) is 0.589. The normalized spacial score (nSPS) is 12.4. The fourth-order valence-electron chi connectivity index (χ4n) is 0.589. The summed E-state index contributed by atoms with van der Waals surface area (Å²) in [6, 6.07) is 0.0491. The minimum Gasteiger partial charge on any atom is -0.339 e. The maximum Gasteiger partial charge on any atom is 1.00 e. The first-order valence-corrected chi connectivity index (χ1v) is 2.88. The molecule has 1 aromatic rings. The Bertz CT molecular complexity index is 353. The molecule has 3 nitrogen and oxygen atoms in total. The van der Waals surface area contributed by atoms with Crippen LogP contribution in [0.25, 0.3) is 0 Å². The first-order chi connectivity index (χ1) is 5.75. The molecule has 0 aliphatic heterocycles. The number of aromatic nitrogens is 1. The van der Waals surface area contributed by atoms with Crippen molar-refractivity contribution in [3.8, 4) is 0 Å². The van der Waals surface area contributed by atoms with Crippen molar-refractivity contribution in [1.29, 1.82) is 0 Å². The van der Waals surface area contributed by atoms with Crippen molar-refractivity contribution in [2.75, 3.05) is 0 Å². The zero-order valence-electron chi connectivity index (χ0n) is 6.78. The molecule has 14 heavy (non-hydrogen) atoms. The summed E-state index contributed by atoms with van der Waals surface area (Å²) in [4.78, 5) is 10.2. The van der Waals surface area contributed by atoms with Gasteiger partial charge in [-0.15, -0.1) is 0 Å². The van der Waals surface area contributed by atoms with E-state index in [1.165, 1.54) is 5.16 Å². The molecule has 0 spiro atoms. The predicted octanol–water partition coefficient (Wildman–Crippen LogP) is -1.37.